The molecule has 0 aliphatic carbocycles. The molecule has 3 heterocycles. The van der Waals surface area contributed by atoms with E-state index in [0.717, 1.165) is 6.92 Å². The fraction of sp³-hybridized carbons (Fsp3) is 0.688. The van der Waals surface area contributed by atoms with Crippen LogP contribution in [0.15, 0.2) is 12.1 Å². The second-order valence-electron chi connectivity index (χ2n) is 14.1. The van der Waals surface area contributed by atoms with Gasteiger partial charge in [-0.05, 0) is 39.3 Å². The van der Waals surface area contributed by atoms with Gasteiger partial charge in [0.1, 0.15) is 17.8 Å². The number of aliphatic hydroxyl groups excluding tert-OH is 3. The maximum Gasteiger partial charge on any atom is 0.410 e. The number of nitrogens with one attached hydrogen (secondary N) is 2. The molecule has 7 atom stereocenters. The van der Waals surface area contributed by atoms with Crippen LogP contribution in [0.4, 0.5) is 18.0 Å². The van der Waals surface area contributed by atoms with E-state index in [-0.39, 0.29) is 26.1 Å². The minimum Gasteiger partial charge on any atom is -0.479 e. The average molecular weight is 719 g/mol. The number of aliphatic hydroxyl groups is 3. The van der Waals surface area contributed by atoms with E-state index < -0.39 is 107 Å². The van der Waals surface area contributed by atoms with Gasteiger partial charge in [-0.2, -0.15) is 0 Å². The van der Waals surface area contributed by atoms with Crippen LogP contribution in [0.3, 0.4) is 0 Å². The zero-order chi connectivity index (χ0) is 37.2. The number of rotatable bonds is 10. The first-order valence-corrected chi connectivity index (χ1v) is 16.2. The highest BCUT2D eigenvalue weighted by atomic mass is 19.2. The van der Waals surface area contributed by atoms with Gasteiger partial charge in [-0.1, -0.05) is 0 Å². The van der Waals surface area contributed by atoms with Crippen LogP contribution >= 0.6 is 0 Å². The maximum absolute atomic E-state index is 13.6. The summed E-state index contributed by atoms with van der Waals surface area (Å²) < 4.78 is 57.9. The van der Waals surface area contributed by atoms with Crippen molar-refractivity contribution in [2.45, 2.75) is 94.2 Å². The molecule has 50 heavy (non-hydrogen) atoms. The third-order valence-electron chi connectivity index (χ3n) is 9.19. The van der Waals surface area contributed by atoms with Crippen LogP contribution in [0.5, 0.6) is 0 Å². The number of hydrogen-bond donors (Lipinski definition) is 6. The fourth-order valence-electron chi connectivity index (χ4n) is 6.64. The zero-order valence-corrected chi connectivity index (χ0v) is 28.3. The second-order valence-corrected chi connectivity index (χ2v) is 14.1. The molecule has 3 aliphatic rings. The number of carboxylic acid groups (broad SMARTS) is 1. The molecular weight excluding hydrogens is 673 g/mol. The molecule has 0 radical (unpaired) electrons. The predicted molar refractivity (Wildman–Crippen MR) is 166 cm³/mol. The second kappa shape index (κ2) is 15.4. The number of likely N-dealkylation sites (tertiary alicyclic amines) is 1. The standard InChI is InChI=1S/C32H45F3N4O11/c1-17(40)37-24-21(41)13-32(28(45)46,6-8-39-9-10-48-16-31(39)5-7-38(15-31)29(47)50-30(2,3)4)49-26(24)25(43)22(42)14-36-27(44)18-11-19(33)23(35)20(34)12-18/h11-12,21-22,24-26,41-43H,5-10,13-16H2,1-4H3,(H,36,44)(H,37,40)(H,45,46)/t21-,22+,24+,25+,26+,31-,32+/m0/s1. The van der Waals surface area contributed by atoms with Crippen LogP contribution in [-0.2, 0) is 23.8 Å². The van der Waals surface area contributed by atoms with Crippen LogP contribution in [0.2, 0.25) is 0 Å². The molecule has 0 bridgehead atoms. The summed E-state index contributed by atoms with van der Waals surface area (Å²) in [5, 5.41) is 48.2. The predicted octanol–water partition coefficient (Wildman–Crippen LogP) is 0.135. The van der Waals surface area contributed by atoms with Crippen molar-refractivity contribution >= 4 is 23.9 Å². The highest BCUT2D eigenvalue weighted by Crippen LogP contribution is 2.38. The first kappa shape index (κ1) is 39.2. The molecule has 1 spiro atoms. The van der Waals surface area contributed by atoms with E-state index in [4.69, 9.17) is 14.2 Å². The Kier molecular flexibility index (Phi) is 12.1. The lowest BCUT2D eigenvalue weighted by Crippen LogP contribution is -2.68. The molecule has 3 fully saturated rings. The van der Waals surface area contributed by atoms with Gasteiger partial charge >= 0.3 is 12.1 Å². The minimum atomic E-state index is -2.13. The average Bonchev–Trinajstić information content (AvgIpc) is 3.45. The number of carbonyl (C=O) groups is 4. The van der Waals surface area contributed by atoms with Crippen LogP contribution < -0.4 is 10.6 Å². The van der Waals surface area contributed by atoms with Crippen molar-refractivity contribution in [1.29, 1.82) is 0 Å². The number of hydrogen-bond acceptors (Lipinski definition) is 11. The molecule has 3 amide bonds. The topological polar surface area (TPSA) is 207 Å². The molecule has 4 rings (SSSR count). The molecule has 0 unspecified atom stereocenters. The highest BCUT2D eigenvalue weighted by molar-refractivity contribution is 5.94. The smallest absolute Gasteiger partial charge is 0.410 e. The van der Waals surface area contributed by atoms with Crippen molar-refractivity contribution < 1.29 is 67.0 Å². The molecule has 3 aliphatic heterocycles. The van der Waals surface area contributed by atoms with Crippen molar-refractivity contribution in [3.05, 3.63) is 35.1 Å². The lowest BCUT2D eigenvalue weighted by Gasteiger charge is -2.49. The Morgan fingerprint density at radius 2 is 1.78 bits per heavy atom. The Bertz CT molecular complexity index is 1430. The SMILES string of the molecule is CC(=O)N[C@H]1[C@H]([C@H](O)[C@H](O)CNC(=O)c2cc(F)c(F)c(F)c2)O[C@@](CCN2CCOC[C@@]23CCN(C(=O)OC(C)(C)C)C3)(C(=O)O)C[C@@H]1O. The van der Waals surface area contributed by atoms with Crippen LogP contribution in [0.25, 0.3) is 0 Å². The van der Waals surface area contributed by atoms with Gasteiger partial charge in [0.05, 0.1) is 37.0 Å². The van der Waals surface area contributed by atoms with Crippen LogP contribution in [0.1, 0.15) is 57.3 Å². The number of morpholine rings is 1. The summed E-state index contributed by atoms with van der Waals surface area (Å²) in [4.78, 5) is 53.7. The summed E-state index contributed by atoms with van der Waals surface area (Å²) in [5.41, 5.74) is -4.12. The number of aliphatic carboxylic acids is 1. The van der Waals surface area contributed by atoms with Gasteiger partial charge < -0.3 is 50.2 Å². The van der Waals surface area contributed by atoms with Crippen molar-refractivity contribution in [2.24, 2.45) is 0 Å². The Hall–Kier alpha value is -3.55. The Labute approximate surface area is 286 Å². The molecule has 0 saturated carbocycles. The number of nitrogens with zero attached hydrogens (tertiary/aromatic N) is 2. The number of halogens is 3. The van der Waals surface area contributed by atoms with Gasteiger partial charge in [0.2, 0.25) is 5.91 Å². The maximum atomic E-state index is 13.6. The summed E-state index contributed by atoms with van der Waals surface area (Å²) >= 11 is 0. The molecule has 6 N–H and O–H groups in total. The Morgan fingerprint density at radius 1 is 1.12 bits per heavy atom. The first-order valence-electron chi connectivity index (χ1n) is 16.2. The Morgan fingerprint density at radius 3 is 2.38 bits per heavy atom. The number of benzene rings is 1. The van der Waals surface area contributed by atoms with Gasteiger partial charge in [-0.25, -0.2) is 22.8 Å². The van der Waals surface area contributed by atoms with Gasteiger partial charge in [-0.15, -0.1) is 0 Å². The third-order valence-corrected chi connectivity index (χ3v) is 9.19. The molecule has 15 nitrogen and oxygen atoms in total. The van der Waals surface area contributed by atoms with E-state index >= 15 is 0 Å². The van der Waals surface area contributed by atoms with Crippen molar-refractivity contribution in [3.8, 4) is 0 Å². The van der Waals surface area contributed by atoms with Crippen LogP contribution in [0, 0.1) is 17.5 Å². The number of carboxylic acids is 1. The van der Waals surface area contributed by atoms with E-state index in [0.29, 0.717) is 38.2 Å². The normalized spacial score (nSPS) is 28.6. The van der Waals surface area contributed by atoms with Crippen molar-refractivity contribution in [2.75, 3.05) is 45.9 Å². The summed E-state index contributed by atoms with van der Waals surface area (Å²) in [6.45, 7) is 7.34. The number of ether oxygens (including phenoxy) is 3. The van der Waals surface area contributed by atoms with Gasteiger partial charge in [-0.3, -0.25) is 14.5 Å². The summed E-state index contributed by atoms with van der Waals surface area (Å²) in [6.07, 6.45) is -7.95. The molecular formula is C32H45F3N4O11. The number of carbonyl (C=O) groups excluding carboxylic acids is 3. The van der Waals surface area contributed by atoms with Crippen LogP contribution in [-0.4, -0.2) is 147 Å². The molecule has 1 aromatic carbocycles. The van der Waals surface area contributed by atoms with E-state index in [1.807, 2.05) is 4.90 Å². The monoisotopic (exact) mass is 718 g/mol. The van der Waals surface area contributed by atoms with Gasteiger partial charge in [0.15, 0.2) is 23.1 Å². The molecule has 18 heteroatoms. The van der Waals surface area contributed by atoms with Gasteiger partial charge in [0, 0.05) is 58.1 Å². The number of amides is 3. The summed E-state index contributed by atoms with van der Waals surface area (Å²) in [5.74, 6) is -8.31. The Balaban J connectivity index is 1.50. The lowest BCUT2D eigenvalue weighted by molar-refractivity contribution is -0.231. The lowest BCUT2D eigenvalue weighted by atomic mass is 9.81. The quantitative estimate of drug-likeness (QED) is 0.179. The van der Waals surface area contributed by atoms with E-state index in [9.17, 15) is 52.8 Å². The van der Waals surface area contributed by atoms with Gasteiger partial charge in [0.25, 0.3) is 5.91 Å². The third kappa shape index (κ3) is 8.84. The highest BCUT2D eigenvalue weighted by Gasteiger charge is 2.55. The fourth-order valence-corrected chi connectivity index (χ4v) is 6.64. The summed E-state index contributed by atoms with van der Waals surface area (Å²) in [6, 6.07) is -0.526. The largest absolute Gasteiger partial charge is 0.479 e. The van der Waals surface area contributed by atoms with Crippen molar-refractivity contribution in [3.63, 3.8) is 0 Å². The minimum absolute atomic E-state index is 0.0988. The molecule has 1 aromatic rings. The van der Waals surface area contributed by atoms with E-state index in [1.54, 1.807) is 25.7 Å². The van der Waals surface area contributed by atoms with E-state index in [1.165, 1.54) is 0 Å². The van der Waals surface area contributed by atoms with E-state index in [2.05, 4.69) is 10.6 Å². The zero-order valence-electron chi connectivity index (χ0n) is 28.3. The first-order chi connectivity index (χ1) is 23.3. The van der Waals surface area contributed by atoms with Crippen molar-refractivity contribution in [1.82, 2.24) is 20.4 Å². The summed E-state index contributed by atoms with van der Waals surface area (Å²) in [7, 11) is 0. The molecule has 0 aromatic heterocycles. The molecule has 280 valence electrons. The molecule has 3 saturated heterocycles.